The zero-order valence-corrected chi connectivity index (χ0v) is 16.1. The highest BCUT2D eigenvalue weighted by molar-refractivity contribution is 9.10. The van der Waals surface area contributed by atoms with Gasteiger partial charge in [-0.2, -0.15) is 0 Å². The Labute approximate surface area is 171 Å². The molecular weight excluding hydrogens is 450 g/mol. The molecule has 0 radical (unpaired) electrons. The van der Waals surface area contributed by atoms with E-state index < -0.39 is 35.0 Å². The maximum absolute atomic E-state index is 12.7. The predicted molar refractivity (Wildman–Crippen MR) is 104 cm³/mol. The van der Waals surface area contributed by atoms with Gasteiger partial charge >= 0.3 is 11.7 Å². The van der Waals surface area contributed by atoms with Crippen LogP contribution in [0.25, 0.3) is 6.08 Å². The minimum Gasteiger partial charge on any atom is -0.479 e. The molecule has 1 heterocycles. The van der Waals surface area contributed by atoms with Crippen LogP contribution in [0.1, 0.15) is 5.56 Å². The van der Waals surface area contributed by atoms with Crippen LogP contribution in [0.5, 0.6) is 5.75 Å². The molecule has 2 aromatic carbocycles. The summed E-state index contributed by atoms with van der Waals surface area (Å²) in [5.74, 6) is -3.10. The summed E-state index contributed by atoms with van der Waals surface area (Å²) < 4.78 is 5.36. The van der Waals surface area contributed by atoms with Crippen LogP contribution in [0.4, 0.5) is 11.4 Å². The van der Waals surface area contributed by atoms with Gasteiger partial charge in [0.15, 0.2) is 6.61 Å². The van der Waals surface area contributed by atoms with E-state index in [9.17, 15) is 24.5 Å². The molecule has 10 nitrogen and oxygen atoms in total. The van der Waals surface area contributed by atoms with Gasteiger partial charge in [0.25, 0.3) is 11.8 Å². The predicted octanol–water partition coefficient (Wildman–Crippen LogP) is 2.28. The molecule has 0 atom stereocenters. The zero-order chi connectivity index (χ0) is 21.1. The summed E-state index contributed by atoms with van der Waals surface area (Å²) >= 11 is 3.12. The number of anilines is 1. The first kappa shape index (κ1) is 20.0. The van der Waals surface area contributed by atoms with Crippen LogP contribution in [-0.2, 0) is 14.4 Å². The molecular formula is C18H12BrN3O7. The number of rotatable bonds is 6. The number of halogens is 1. The molecule has 2 N–H and O–H groups in total. The third-order valence-corrected chi connectivity index (χ3v) is 4.26. The van der Waals surface area contributed by atoms with Crippen LogP contribution < -0.4 is 15.2 Å². The van der Waals surface area contributed by atoms with Gasteiger partial charge in [-0.3, -0.25) is 25.1 Å². The van der Waals surface area contributed by atoms with Gasteiger partial charge in [-0.1, -0.05) is 34.1 Å². The number of carbonyl (C=O) groups excluding carboxylic acids is 2. The van der Waals surface area contributed by atoms with Gasteiger partial charge in [-0.25, -0.2) is 9.80 Å². The maximum atomic E-state index is 12.7. The van der Waals surface area contributed by atoms with Gasteiger partial charge in [-0.05, 0) is 24.3 Å². The second-order valence-corrected chi connectivity index (χ2v) is 6.67. The number of nitrogens with zero attached hydrogens (tertiary/aromatic N) is 2. The number of hydrazine groups is 1. The fourth-order valence-corrected chi connectivity index (χ4v) is 3.07. The lowest BCUT2D eigenvalue weighted by Crippen LogP contribution is -2.35. The first-order valence-corrected chi connectivity index (χ1v) is 8.82. The van der Waals surface area contributed by atoms with E-state index in [1.807, 2.05) is 0 Å². The molecule has 2 aromatic rings. The summed E-state index contributed by atoms with van der Waals surface area (Å²) in [7, 11) is 0. The Morgan fingerprint density at radius 3 is 2.59 bits per heavy atom. The molecule has 29 heavy (non-hydrogen) atoms. The van der Waals surface area contributed by atoms with E-state index in [-0.39, 0.29) is 21.4 Å². The molecule has 1 saturated heterocycles. The van der Waals surface area contributed by atoms with Crippen molar-refractivity contribution in [3.63, 3.8) is 0 Å². The van der Waals surface area contributed by atoms with Crippen molar-refractivity contribution in [2.45, 2.75) is 0 Å². The Hall–Kier alpha value is -3.73. The monoisotopic (exact) mass is 461 g/mol. The number of carboxylic acid groups (broad SMARTS) is 1. The first-order valence-electron chi connectivity index (χ1n) is 8.02. The summed E-state index contributed by atoms with van der Waals surface area (Å²) in [5.41, 5.74) is 2.03. The first-order chi connectivity index (χ1) is 13.8. The van der Waals surface area contributed by atoms with Crippen LogP contribution in [0.3, 0.4) is 0 Å². The molecule has 0 spiro atoms. The Kier molecular flexibility index (Phi) is 5.59. The second kappa shape index (κ2) is 8.10. The highest BCUT2D eigenvalue weighted by Gasteiger charge is 2.35. The molecule has 1 fully saturated rings. The number of carboxylic acids is 1. The van der Waals surface area contributed by atoms with E-state index >= 15 is 0 Å². The van der Waals surface area contributed by atoms with Gasteiger partial charge in [-0.15, -0.1) is 0 Å². The highest BCUT2D eigenvalue weighted by atomic mass is 79.9. The van der Waals surface area contributed by atoms with Crippen molar-refractivity contribution in [1.29, 1.82) is 0 Å². The van der Waals surface area contributed by atoms with Gasteiger partial charge in [0.1, 0.15) is 5.57 Å². The van der Waals surface area contributed by atoms with Crippen molar-refractivity contribution < 1.29 is 29.2 Å². The average molecular weight is 462 g/mol. The van der Waals surface area contributed by atoms with Crippen LogP contribution >= 0.6 is 15.9 Å². The van der Waals surface area contributed by atoms with Crippen LogP contribution in [0.15, 0.2) is 52.5 Å². The van der Waals surface area contributed by atoms with E-state index in [4.69, 9.17) is 9.84 Å². The Morgan fingerprint density at radius 1 is 1.28 bits per heavy atom. The normalized spacial score (nSPS) is 14.8. The van der Waals surface area contributed by atoms with Gasteiger partial charge < -0.3 is 9.84 Å². The standard InChI is InChI=1S/C18H12BrN3O7/c19-11-6-10(16(29-9-15(23)24)14(8-11)22(27)28)7-13-17(25)20-21(18(13)26)12-4-2-1-3-5-12/h1-8H,9H2,(H,20,25)(H,23,24)/b13-7-. The van der Waals surface area contributed by atoms with Crippen molar-refractivity contribution in [3.8, 4) is 5.75 Å². The summed E-state index contributed by atoms with van der Waals surface area (Å²) in [6.07, 6.45) is 1.12. The number of para-hydroxylation sites is 1. The minimum atomic E-state index is -1.34. The molecule has 0 aliphatic carbocycles. The summed E-state index contributed by atoms with van der Waals surface area (Å²) in [5, 5.41) is 21.2. The number of amides is 2. The molecule has 0 saturated carbocycles. The fraction of sp³-hybridized carbons (Fsp3) is 0.0556. The average Bonchev–Trinajstić information content (AvgIpc) is 2.95. The number of hydrogen-bond acceptors (Lipinski definition) is 6. The summed E-state index contributed by atoms with van der Waals surface area (Å²) in [6, 6.07) is 10.9. The van der Waals surface area contributed by atoms with Gasteiger partial charge in [0.2, 0.25) is 5.75 Å². The smallest absolute Gasteiger partial charge is 0.341 e. The lowest BCUT2D eigenvalue weighted by atomic mass is 10.1. The molecule has 1 aliphatic rings. The van der Waals surface area contributed by atoms with Gasteiger partial charge in [0.05, 0.1) is 10.6 Å². The van der Waals surface area contributed by atoms with Crippen molar-refractivity contribution in [3.05, 3.63) is 68.2 Å². The fourth-order valence-electron chi connectivity index (χ4n) is 2.61. The Balaban J connectivity index is 2.07. The van der Waals surface area contributed by atoms with Crippen molar-refractivity contribution in [2.24, 2.45) is 0 Å². The molecule has 2 amide bonds. The molecule has 1 aliphatic heterocycles. The third kappa shape index (κ3) is 4.24. The van der Waals surface area contributed by atoms with Gasteiger partial charge in [0, 0.05) is 16.1 Å². The molecule has 148 valence electrons. The maximum Gasteiger partial charge on any atom is 0.341 e. The zero-order valence-electron chi connectivity index (χ0n) is 14.5. The van der Waals surface area contributed by atoms with Crippen molar-refractivity contribution >= 4 is 51.2 Å². The van der Waals surface area contributed by atoms with E-state index in [0.717, 1.165) is 17.2 Å². The van der Waals surface area contributed by atoms with E-state index in [1.165, 1.54) is 6.07 Å². The minimum absolute atomic E-state index is 0.000682. The molecule has 0 bridgehead atoms. The quantitative estimate of drug-likeness (QED) is 0.291. The highest BCUT2D eigenvalue weighted by Crippen LogP contribution is 2.36. The third-order valence-electron chi connectivity index (χ3n) is 3.81. The Morgan fingerprint density at radius 2 is 1.97 bits per heavy atom. The lowest BCUT2D eigenvalue weighted by Gasteiger charge is -2.14. The van der Waals surface area contributed by atoms with E-state index in [2.05, 4.69) is 21.4 Å². The van der Waals surface area contributed by atoms with Crippen molar-refractivity contribution in [1.82, 2.24) is 5.43 Å². The van der Waals surface area contributed by atoms with E-state index in [1.54, 1.807) is 30.3 Å². The number of nitro groups is 1. The SMILES string of the molecule is O=C(O)COc1c(/C=C2/C(=O)NN(c3ccccc3)C2=O)cc(Br)cc1[N+](=O)[O-]. The topological polar surface area (TPSA) is 139 Å². The number of carbonyl (C=O) groups is 3. The molecule has 3 rings (SSSR count). The van der Waals surface area contributed by atoms with E-state index in [0.29, 0.717) is 5.69 Å². The molecule has 11 heteroatoms. The Bertz CT molecular complexity index is 1050. The van der Waals surface area contributed by atoms with Crippen LogP contribution in [0.2, 0.25) is 0 Å². The molecule has 0 unspecified atom stereocenters. The number of ether oxygens (including phenoxy) is 1. The molecule has 0 aromatic heterocycles. The number of benzene rings is 2. The largest absolute Gasteiger partial charge is 0.479 e. The number of nitro benzene ring substituents is 1. The summed E-state index contributed by atoms with van der Waals surface area (Å²) in [4.78, 5) is 46.5. The van der Waals surface area contributed by atoms with Crippen LogP contribution in [-0.4, -0.2) is 34.4 Å². The van der Waals surface area contributed by atoms with Crippen LogP contribution in [0, 0.1) is 10.1 Å². The number of aliphatic carboxylic acids is 1. The van der Waals surface area contributed by atoms with Crippen molar-refractivity contribution in [2.75, 3.05) is 11.6 Å². The lowest BCUT2D eigenvalue weighted by molar-refractivity contribution is -0.385. The number of nitrogens with one attached hydrogen (secondary N) is 1. The summed E-state index contributed by atoms with van der Waals surface area (Å²) in [6.45, 7) is -0.838. The number of hydrogen-bond donors (Lipinski definition) is 2. The second-order valence-electron chi connectivity index (χ2n) is 5.76.